The molecule has 3 heteroatoms. The summed E-state index contributed by atoms with van der Waals surface area (Å²) in [5.41, 5.74) is 0. The number of halogens is 1. The molecule has 2 nitrogen and oxygen atoms in total. The van der Waals surface area contributed by atoms with Crippen LogP contribution in [0, 0.1) is 5.95 Å². The standard InChI is InChI=1S/C9H12FNO/c1-3-7(2)12-9-6-4-5-8(10)11-9/h4-7H,3H2,1-2H3. The molecule has 0 fully saturated rings. The van der Waals surface area contributed by atoms with E-state index in [1.807, 2.05) is 13.8 Å². The zero-order valence-corrected chi connectivity index (χ0v) is 7.25. The van der Waals surface area contributed by atoms with Crippen molar-refractivity contribution in [3.63, 3.8) is 0 Å². The van der Waals surface area contributed by atoms with Gasteiger partial charge in [-0.3, -0.25) is 0 Å². The molecule has 1 rings (SSSR count). The maximum absolute atomic E-state index is 12.5. The molecule has 66 valence electrons. The first-order valence-electron chi connectivity index (χ1n) is 4.01. The van der Waals surface area contributed by atoms with Gasteiger partial charge in [-0.2, -0.15) is 9.37 Å². The van der Waals surface area contributed by atoms with E-state index in [4.69, 9.17) is 4.74 Å². The van der Waals surface area contributed by atoms with Crippen LogP contribution in [0.25, 0.3) is 0 Å². The molecule has 1 aromatic rings. The molecule has 0 saturated carbocycles. The summed E-state index contributed by atoms with van der Waals surface area (Å²) in [5, 5.41) is 0. The largest absolute Gasteiger partial charge is 0.475 e. The van der Waals surface area contributed by atoms with Crippen LogP contribution in [0.1, 0.15) is 20.3 Å². The highest BCUT2D eigenvalue weighted by Gasteiger charge is 2.02. The number of hydrogen-bond acceptors (Lipinski definition) is 2. The zero-order valence-electron chi connectivity index (χ0n) is 7.25. The van der Waals surface area contributed by atoms with E-state index in [-0.39, 0.29) is 6.10 Å². The molecule has 0 radical (unpaired) electrons. The van der Waals surface area contributed by atoms with Crippen molar-refractivity contribution in [2.75, 3.05) is 0 Å². The van der Waals surface area contributed by atoms with Crippen LogP contribution >= 0.6 is 0 Å². The van der Waals surface area contributed by atoms with Gasteiger partial charge in [-0.05, 0) is 19.4 Å². The van der Waals surface area contributed by atoms with Gasteiger partial charge in [-0.15, -0.1) is 0 Å². The van der Waals surface area contributed by atoms with Crippen molar-refractivity contribution in [3.05, 3.63) is 24.1 Å². The van der Waals surface area contributed by atoms with E-state index in [0.29, 0.717) is 5.88 Å². The summed E-state index contributed by atoms with van der Waals surface area (Å²) in [6, 6.07) is 4.53. The van der Waals surface area contributed by atoms with E-state index in [0.717, 1.165) is 6.42 Å². The molecule has 0 saturated heterocycles. The summed E-state index contributed by atoms with van der Waals surface area (Å²) >= 11 is 0. The number of hydrogen-bond donors (Lipinski definition) is 0. The quantitative estimate of drug-likeness (QED) is 0.648. The lowest BCUT2D eigenvalue weighted by molar-refractivity contribution is 0.206. The summed E-state index contributed by atoms with van der Waals surface area (Å²) in [4.78, 5) is 3.57. The second-order valence-electron chi connectivity index (χ2n) is 2.64. The molecule has 0 spiro atoms. The summed E-state index contributed by atoms with van der Waals surface area (Å²) < 4.78 is 17.8. The lowest BCUT2D eigenvalue weighted by Gasteiger charge is -2.10. The second kappa shape index (κ2) is 4.04. The fraction of sp³-hybridized carbons (Fsp3) is 0.444. The van der Waals surface area contributed by atoms with Crippen LogP contribution in [0.15, 0.2) is 18.2 Å². The third kappa shape index (κ3) is 2.49. The van der Waals surface area contributed by atoms with E-state index in [1.54, 1.807) is 12.1 Å². The number of pyridine rings is 1. The number of aromatic nitrogens is 1. The Labute approximate surface area is 71.4 Å². The fourth-order valence-corrected chi connectivity index (χ4v) is 0.745. The van der Waals surface area contributed by atoms with Crippen molar-refractivity contribution in [2.45, 2.75) is 26.4 Å². The summed E-state index contributed by atoms with van der Waals surface area (Å²) in [6.45, 7) is 3.93. The average Bonchev–Trinajstić information content (AvgIpc) is 2.04. The van der Waals surface area contributed by atoms with Crippen molar-refractivity contribution in [1.29, 1.82) is 0 Å². The third-order valence-corrected chi connectivity index (χ3v) is 1.59. The van der Waals surface area contributed by atoms with Gasteiger partial charge in [-0.25, -0.2) is 0 Å². The van der Waals surface area contributed by atoms with Crippen molar-refractivity contribution < 1.29 is 9.13 Å². The van der Waals surface area contributed by atoms with Gasteiger partial charge in [-0.1, -0.05) is 13.0 Å². The van der Waals surface area contributed by atoms with Gasteiger partial charge >= 0.3 is 0 Å². The molecule has 1 unspecified atom stereocenters. The lowest BCUT2D eigenvalue weighted by Crippen LogP contribution is -2.10. The molecule has 1 heterocycles. The van der Waals surface area contributed by atoms with Gasteiger partial charge in [0, 0.05) is 6.07 Å². The molecule has 0 aliphatic rings. The van der Waals surface area contributed by atoms with Gasteiger partial charge < -0.3 is 4.74 Å². The van der Waals surface area contributed by atoms with E-state index >= 15 is 0 Å². The molecule has 0 bridgehead atoms. The van der Waals surface area contributed by atoms with Gasteiger partial charge in [0.25, 0.3) is 0 Å². The van der Waals surface area contributed by atoms with Gasteiger partial charge in [0.1, 0.15) is 0 Å². The van der Waals surface area contributed by atoms with Crippen LogP contribution in [0.4, 0.5) is 4.39 Å². The average molecular weight is 169 g/mol. The Morgan fingerprint density at radius 1 is 1.58 bits per heavy atom. The normalized spacial score (nSPS) is 12.6. The zero-order chi connectivity index (χ0) is 8.97. The Kier molecular flexibility index (Phi) is 3.02. The molecule has 0 amide bonds. The first-order valence-corrected chi connectivity index (χ1v) is 4.01. The Bertz CT molecular complexity index is 252. The minimum atomic E-state index is -0.504. The van der Waals surface area contributed by atoms with Gasteiger partial charge in [0.05, 0.1) is 6.10 Å². The number of nitrogens with zero attached hydrogens (tertiary/aromatic N) is 1. The minimum Gasteiger partial charge on any atom is -0.475 e. The van der Waals surface area contributed by atoms with Crippen LogP contribution < -0.4 is 4.74 Å². The Morgan fingerprint density at radius 2 is 2.33 bits per heavy atom. The van der Waals surface area contributed by atoms with Crippen molar-refractivity contribution in [3.8, 4) is 5.88 Å². The predicted molar refractivity (Wildman–Crippen MR) is 44.6 cm³/mol. The third-order valence-electron chi connectivity index (χ3n) is 1.59. The molecule has 0 N–H and O–H groups in total. The summed E-state index contributed by atoms with van der Waals surface area (Å²) in [5.74, 6) is -0.153. The lowest BCUT2D eigenvalue weighted by atomic mass is 10.3. The smallest absolute Gasteiger partial charge is 0.216 e. The highest BCUT2D eigenvalue weighted by atomic mass is 19.1. The monoisotopic (exact) mass is 169 g/mol. The van der Waals surface area contributed by atoms with E-state index in [2.05, 4.69) is 4.98 Å². The number of ether oxygens (including phenoxy) is 1. The van der Waals surface area contributed by atoms with Crippen LogP contribution in [0.3, 0.4) is 0 Å². The van der Waals surface area contributed by atoms with Crippen LogP contribution in [0.2, 0.25) is 0 Å². The van der Waals surface area contributed by atoms with E-state index in [1.165, 1.54) is 6.07 Å². The first-order chi connectivity index (χ1) is 5.72. The Hall–Kier alpha value is -1.12. The molecular weight excluding hydrogens is 157 g/mol. The molecule has 0 aliphatic heterocycles. The van der Waals surface area contributed by atoms with Crippen molar-refractivity contribution in [1.82, 2.24) is 4.98 Å². The molecule has 0 aliphatic carbocycles. The maximum Gasteiger partial charge on any atom is 0.216 e. The van der Waals surface area contributed by atoms with Crippen molar-refractivity contribution >= 4 is 0 Å². The minimum absolute atomic E-state index is 0.0827. The van der Waals surface area contributed by atoms with Crippen LogP contribution in [0.5, 0.6) is 5.88 Å². The highest BCUT2D eigenvalue weighted by Crippen LogP contribution is 2.09. The highest BCUT2D eigenvalue weighted by molar-refractivity contribution is 5.10. The fourth-order valence-electron chi connectivity index (χ4n) is 0.745. The van der Waals surface area contributed by atoms with Crippen LogP contribution in [-0.4, -0.2) is 11.1 Å². The molecule has 12 heavy (non-hydrogen) atoms. The Balaban J connectivity index is 2.63. The van der Waals surface area contributed by atoms with E-state index in [9.17, 15) is 4.39 Å². The maximum atomic E-state index is 12.5. The van der Waals surface area contributed by atoms with Gasteiger partial charge in [0.2, 0.25) is 11.8 Å². The molecule has 0 aromatic carbocycles. The summed E-state index contributed by atoms with van der Waals surface area (Å²) in [7, 11) is 0. The first kappa shape index (κ1) is 8.97. The Morgan fingerprint density at radius 3 is 2.92 bits per heavy atom. The van der Waals surface area contributed by atoms with Crippen LogP contribution in [-0.2, 0) is 0 Å². The van der Waals surface area contributed by atoms with Crippen molar-refractivity contribution in [2.24, 2.45) is 0 Å². The second-order valence-corrected chi connectivity index (χ2v) is 2.64. The SMILES string of the molecule is CCC(C)Oc1cccc(F)n1. The predicted octanol–water partition coefficient (Wildman–Crippen LogP) is 2.40. The van der Waals surface area contributed by atoms with Gasteiger partial charge in [0.15, 0.2) is 0 Å². The molecule has 1 aromatic heterocycles. The topological polar surface area (TPSA) is 22.1 Å². The van der Waals surface area contributed by atoms with E-state index < -0.39 is 5.95 Å². The number of rotatable bonds is 3. The molecule has 1 atom stereocenters. The summed E-state index contributed by atoms with van der Waals surface area (Å²) in [6.07, 6.45) is 0.970. The molecular formula is C9H12FNO.